The molecule has 0 bridgehead atoms. The van der Waals surface area contributed by atoms with Crippen LogP contribution in [0.1, 0.15) is 29.8 Å². The van der Waals surface area contributed by atoms with Crippen LogP contribution in [0.4, 0.5) is 0 Å². The molecule has 0 aliphatic carbocycles. The van der Waals surface area contributed by atoms with Crippen LogP contribution in [-0.4, -0.2) is 48.4 Å². The fourth-order valence-corrected chi connectivity index (χ4v) is 3.56. The molecule has 3 rings (SSSR count). The molecule has 9 nitrogen and oxygen atoms in total. The van der Waals surface area contributed by atoms with Crippen molar-refractivity contribution >= 4 is 28.6 Å². The van der Waals surface area contributed by atoms with Crippen molar-refractivity contribution < 1.29 is 19.1 Å². The third-order valence-electron chi connectivity index (χ3n) is 5.19. The van der Waals surface area contributed by atoms with Gasteiger partial charge in [-0.2, -0.15) is 5.26 Å². The third kappa shape index (κ3) is 4.96. The van der Waals surface area contributed by atoms with Gasteiger partial charge in [0.05, 0.1) is 13.2 Å². The summed E-state index contributed by atoms with van der Waals surface area (Å²) in [4.78, 5) is 40.2. The number of ether oxygens (including phenoxy) is 1. The number of H-pyrrole nitrogens is 1. The predicted octanol–water partition coefficient (Wildman–Crippen LogP) is 0.833. The van der Waals surface area contributed by atoms with E-state index in [2.05, 4.69) is 26.9 Å². The molecule has 2 aromatic rings. The van der Waals surface area contributed by atoms with Gasteiger partial charge in [0.25, 0.3) is 5.91 Å². The number of aromatic amines is 1. The Morgan fingerprint density at radius 1 is 1.39 bits per heavy atom. The molecule has 1 aliphatic heterocycles. The van der Waals surface area contributed by atoms with Crippen molar-refractivity contribution in [3.8, 4) is 24.2 Å². The molecular weight excluding hydrogens is 398 g/mol. The lowest BCUT2D eigenvalue weighted by molar-refractivity contribution is -0.125. The Labute approximate surface area is 179 Å². The zero-order valence-corrected chi connectivity index (χ0v) is 17.0. The van der Waals surface area contributed by atoms with Crippen molar-refractivity contribution in [1.82, 2.24) is 20.9 Å². The van der Waals surface area contributed by atoms with Gasteiger partial charge in [-0.15, -0.1) is 12.3 Å². The SMILES string of the molecule is C#CC[C@H](NC(=O)c1cc2c(OC)cccc2[nH]1)C(=O)N[C@H](C#N)C[C@@H]1CCNC1=O. The van der Waals surface area contributed by atoms with Crippen LogP contribution in [0.2, 0.25) is 0 Å². The number of nitriles is 1. The quantitative estimate of drug-likeness (QED) is 0.468. The van der Waals surface area contributed by atoms with E-state index in [1.54, 1.807) is 24.3 Å². The first-order valence-corrected chi connectivity index (χ1v) is 9.84. The molecular formula is C22H23N5O4. The summed E-state index contributed by atoms with van der Waals surface area (Å²) in [5.41, 5.74) is 0.954. The Morgan fingerprint density at radius 3 is 2.84 bits per heavy atom. The van der Waals surface area contributed by atoms with Crippen molar-refractivity contribution in [2.24, 2.45) is 5.92 Å². The Bertz CT molecular complexity index is 1080. The lowest BCUT2D eigenvalue weighted by Gasteiger charge is -2.19. The summed E-state index contributed by atoms with van der Waals surface area (Å²) < 4.78 is 5.30. The summed E-state index contributed by atoms with van der Waals surface area (Å²) in [5, 5.41) is 18.0. The van der Waals surface area contributed by atoms with Gasteiger partial charge in [-0.25, -0.2) is 0 Å². The van der Waals surface area contributed by atoms with Gasteiger partial charge in [-0.1, -0.05) is 6.07 Å². The molecule has 0 spiro atoms. The highest BCUT2D eigenvalue weighted by molar-refractivity contribution is 6.01. The monoisotopic (exact) mass is 421 g/mol. The standard InChI is InChI=1S/C22H23N5O4/c1-3-5-17(21(29)25-14(12-23)10-13-8-9-24-20(13)28)27-22(30)18-11-15-16(26-18)6-4-7-19(15)31-2/h1,4,6-7,11,13-14,17,26H,5,8-10H2,2H3,(H,24,28)(H,25,29)(H,27,30)/t13-,14-,17-/m0/s1. The maximum atomic E-state index is 12.7. The minimum atomic E-state index is -1.03. The van der Waals surface area contributed by atoms with E-state index in [4.69, 9.17) is 11.2 Å². The fraction of sp³-hybridized carbons (Fsp3) is 0.364. The van der Waals surface area contributed by atoms with Crippen molar-refractivity contribution in [1.29, 1.82) is 5.26 Å². The molecule has 1 aromatic carbocycles. The van der Waals surface area contributed by atoms with Crippen molar-refractivity contribution in [3.63, 3.8) is 0 Å². The molecule has 160 valence electrons. The van der Waals surface area contributed by atoms with Gasteiger partial charge in [-0.3, -0.25) is 14.4 Å². The Hall–Kier alpha value is -3.98. The smallest absolute Gasteiger partial charge is 0.268 e. The summed E-state index contributed by atoms with van der Waals surface area (Å²) in [6.45, 7) is 0.556. The number of fused-ring (bicyclic) bond motifs is 1. The highest BCUT2D eigenvalue weighted by Gasteiger charge is 2.30. The minimum Gasteiger partial charge on any atom is -0.496 e. The predicted molar refractivity (Wildman–Crippen MR) is 113 cm³/mol. The number of amides is 3. The average molecular weight is 421 g/mol. The van der Waals surface area contributed by atoms with Gasteiger partial charge < -0.3 is 25.7 Å². The Morgan fingerprint density at radius 2 is 2.19 bits per heavy atom. The summed E-state index contributed by atoms with van der Waals surface area (Å²) >= 11 is 0. The van der Waals surface area contributed by atoms with Crippen molar-refractivity contribution in [2.45, 2.75) is 31.3 Å². The van der Waals surface area contributed by atoms with E-state index in [9.17, 15) is 19.6 Å². The van der Waals surface area contributed by atoms with E-state index >= 15 is 0 Å². The van der Waals surface area contributed by atoms with E-state index in [1.165, 1.54) is 7.11 Å². The second-order valence-electron chi connectivity index (χ2n) is 7.24. The second-order valence-corrected chi connectivity index (χ2v) is 7.24. The van der Waals surface area contributed by atoms with Gasteiger partial charge in [0, 0.05) is 29.8 Å². The van der Waals surface area contributed by atoms with Crippen LogP contribution in [-0.2, 0) is 9.59 Å². The van der Waals surface area contributed by atoms with E-state index in [-0.39, 0.29) is 30.4 Å². The average Bonchev–Trinajstić information content (AvgIpc) is 3.38. The number of methoxy groups -OCH3 is 1. The molecule has 2 heterocycles. The van der Waals surface area contributed by atoms with Gasteiger partial charge in [0.1, 0.15) is 23.5 Å². The molecule has 3 atom stereocenters. The van der Waals surface area contributed by atoms with Crippen LogP contribution >= 0.6 is 0 Å². The molecule has 0 unspecified atom stereocenters. The maximum Gasteiger partial charge on any atom is 0.268 e. The Kier molecular flexibility index (Phi) is 6.78. The summed E-state index contributed by atoms with van der Waals surface area (Å²) in [6, 6.07) is 7.10. The number of terminal acetylenes is 1. The molecule has 1 aliphatic rings. The molecule has 1 aromatic heterocycles. The zero-order chi connectivity index (χ0) is 22.4. The van der Waals surface area contributed by atoms with Crippen LogP contribution in [0.25, 0.3) is 10.9 Å². The third-order valence-corrected chi connectivity index (χ3v) is 5.19. The largest absolute Gasteiger partial charge is 0.496 e. The number of benzene rings is 1. The van der Waals surface area contributed by atoms with Crippen LogP contribution in [0, 0.1) is 29.6 Å². The zero-order valence-electron chi connectivity index (χ0n) is 17.0. The lowest BCUT2D eigenvalue weighted by atomic mass is 9.99. The van der Waals surface area contributed by atoms with Gasteiger partial charge >= 0.3 is 0 Å². The van der Waals surface area contributed by atoms with Crippen LogP contribution in [0.15, 0.2) is 24.3 Å². The van der Waals surface area contributed by atoms with E-state index in [0.717, 1.165) is 5.39 Å². The lowest BCUT2D eigenvalue weighted by Crippen LogP contribution is -2.49. The van der Waals surface area contributed by atoms with Crippen LogP contribution in [0.3, 0.4) is 0 Å². The normalized spacial score (nSPS) is 17.1. The molecule has 31 heavy (non-hydrogen) atoms. The number of hydrogen-bond donors (Lipinski definition) is 4. The molecule has 9 heteroatoms. The Balaban J connectivity index is 1.69. The molecule has 0 saturated carbocycles. The number of nitrogens with zero attached hydrogens (tertiary/aromatic N) is 1. The fourth-order valence-electron chi connectivity index (χ4n) is 3.56. The summed E-state index contributed by atoms with van der Waals surface area (Å²) in [6.07, 6.45) is 6.13. The highest BCUT2D eigenvalue weighted by Crippen LogP contribution is 2.26. The van der Waals surface area contributed by atoms with Crippen molar-refractivity contribution in [3.05, 3.63) is 30.0 Å². The second kappa shape index (κ2) is 9.68. The first kappa shape index (κ1) is 21.7. The summed E-state index contributed by atoms with van der Waals surface area (Å²) in [7, 11) is 1.54. The number of carbonyl (C=O) groups excluding carboxylic acids is 3. The van der Waals surface area contributed by atoms with Crippen LogP contribution in [0.5, 0.6) is 5.75 Å². The minimum absolute atomic E-state index is 0.0524. The number of rotatable bonds is 8. The molecule has 4 N–H and O–H groups in total. The molecule has 3 amide bonds. The van der Waals surface area contributed by atoms with E-state index < -0.39 is 23.9 Å². The molecule has 1 fully saturated rings. The van der Waals surface area contributed by atoms with Gasteiger partial charge in [0.15, 0.2) is 0 Å². The maximum absolute atomic E-state index is 12.7. The van der Waals surface area contributed by atoms with Gasteiger partial charge in [0.2, 0.25) is 11.8 Å². The van der Waals surface area contributed by atoms with Crippen molar-refractivity contribution in [2.75, 3.05) is 13.7 Å². The van der Waals surface area contributed by atoms with Crippen LogP contribution < -0.4 is 20.7 Å². The number of hydrogen-bond acceptors (Lipinski definition) is 5. The summed E-state index contributed by atoms with van der Waals surface area (Å²) in [5.74, 6) is 1.43. The highest BCUT2D eigenvalue weighted by atomic mass is 16.5. The van der Waals surface area contributed by atoms with E-state index in [0.29, 0.717) is 24.2 Å². The van der Waals surface area contributed by atoms with E-state index in [1.807, 2.05) is 6.07 Å². The first-order valence-electron chi connectivity index (χ1n) is 9.84. The topological polar surface area (TPSA) is 136 Å². The first-order chi connectivity index (χ1) is 15.0. The number of carbonyl (C=O) groups is 3. The van der Waals surface area contributed by atoms with Gasteiger partial charge in [-0.05, 0) is 31.0 Å². The number of aromatic nitrogens is 1. The molecule has 1 saturated heterocycles. The molecule has 0 radical (unpaired) electrons. The number of nitrogens with one attached hydrogen (secondary N) is 4.